The summed E-state index contributed by atoms with van der Waals surface area (Å²) in [5.74, 6) is -0.367. The Morgan fingerprint density at radius 3 is 2.68 bits per heavy atom. The van der Waals surface area contributed by atoms with Crippen molar-refractivity contribution in [1.29, 1.82) is 5.26 Å². The molecule has 2 heterocycles. The molecule has 0 bridgehead atoms. The van der Waals surface area contributed by atoms with Crippen LogP contribution in [-0.2, 0) is 6.42 Å². The third-order valence-corrected chi connectivity index (χ3v) is 3.73. The summed E-state index contributed by atoms with van der Waals surface area (Å²) in [6.07, 6.45) is 2.37. The van der Waals surface area contributed by atoms with Crippen LogP contribution >= 0.6 is 11.6 Å². The van der Waals surface area contributed by atoms with Crippen molar-refractivity contribution in [2.45, 2.75) is 6.42 Å². The van der Waals surface area contributed by atoms with E-state index in [0.29, 0.717) is 39.2 Å². The number of pyridine rings is 1. The number of aromatic nitrogens is 2. The Morgan fingerprint density at radius 2 is 2.05 bits per heavy atom. The first-order chi connectivity index (χ1) is 10.7. The van der Waals surface area contributed by atoms with Crippen LogP contribution in [0.15, 0.2) is 36.5 Å². The lowest BCUT2D eigenvalue weighted by Crippen LogP contribution is -1.94. The molecule has 0 saturated carbocycles. The third kappa shape index (κ3) is 2.24. The molecule has 0 aliphatic rings. The van der Waals surface area contributed by atoms with Gasteiger partial charge in [-0.15, -0.1) is 0 Å². The molecule has 3 rings (SSSR count). The van der Waals surface area contributed by atoms with Gasteiger partial charge >= 0.3 is 0 Å². The fourth-order valence-electron chi connectivity index (χ4n) is 2.39. The highest BCUT2D eigenvalue weighted by atomic mass is 35.5. The van der Waals surface area contributed by atoms with Crippen LogP contribution in [0.5, 0.6) is 0 Å². The van der Waals surface area contributed by atoms with Gasteiger partial charge in [0.2, 0.25) is 0 Å². The van der Waals surface area contributed by atoms with Gasteiger partial charge < -0.3 is 0 Å². The molecule has 2 aromatic heterocycles. The third-order valence-electron chi connectivity index (χ3n) is 3.37. The van der Waals surface area contributed by atoms with Crippen molar-refractivity contribution in [3.63, 3.8) is 0 Å². The van der Waals surface area contributed by atoms with Crippen molar-refractivity contribution >= 4 is 23.4 Å². The zero-order chi connectivity index (χ0) is 15.7. The van der Waals surface area contributed by atoms with Crippen LogP contribution in [0.3, 0.4) is 0 Å². The smallest absolute Gasteiger partial charge is 0.154 e. The summed E-state index contributed by atoms with van der Waals surface area (Å²) in [7, 11) is 0. The van der Waals surface area contributed by atoms with Crippen molar-refractivity contribution in [3.8, 4) is 17.3 Å². The van der Waals surface area contributed by atoms with Crippen molar-refractivity contribution in [2.75, 3.05) is 0 Å². The van der Waals surface area contributed by atoms with Crippen molar-refractivity contribution < 1.29 is 9.18 Å². The quantitative estimate of drug-likeness (QED) is 0.693. The Hall–Kier alpha value is -2.71. The maximum Gasteiger partial charge on any atom is 0.154 e. The molecule has 0 radical (unpaired) electrons. The number of aldehydes is 1. The van der Waals surface area contributed by atoms with E-state index < -0.39 is 0 Å². The first kappa shape index (κ1) is 14.2. The van der Waals surface area contributed by atoms with E-state index in [1.165, 1.54) is 16.6 Å². The Morgan fingerprint density at radius 1 is 1.32 bits per heavy atom. The molecule has 0 unspecified atom stereocenters. The zero-order valence-electron chi connectivity index (χ0n) is 11.3. The number of carbonyl (C=O) groups excluding carboxylic acids is 1. The second-order valence-corrected chi connectivity index (χ2v) is 5.06. The number of hydrogen-bond acceptors (Lipinski definition) is 3. The Balaban J connectivity index is 2.33. The van der Waals surface area contributed by atoms with Gasteiger partial charge in [-0.25, -0.2) is 8.91 Å². The van der Waals surface area contributed by atoms with Gasteiger partial charge in [0, 0.05) is 22.3 Å². The lowest BCUT2D eigenvalue weighted by molar-refractivity contribution is 0.112. The average Bonchev–Trinajstić information content (AvgIpc) is 2.89. The summed E-state index contributed by atoms with van der Waals surface area (Å²) in [6.45, 7) is 0. The van der Waals surface area contributed by atoms with Crippen LogP contribution in [0.2, 0.25) is 5.02 Å². The largest absolute Gasteiger partial charge is 0.298 e. The van der Waals surface area contributed by atoms with Gasteiger partial charge in [-0.3, -0.25) is 4.79 Å². The number of nitrogens with zero attached hydrogens (tertiary/aromatic N) is 3. The number of carbonyl (C=O) groups is 1. The van der Waals surface area contributed by atoms with Crippen molar-refractivity contribution in [1.82, 2.24) is 9.61 Å². The van der Waals surface area contributed by atoms with E-state index in [1.807, 2.05) is 6.07 Å². The predicted molar refractivity (Wildman–Crippen MR) is 80.3 cm³/mol. The van der Waals surface area contributed by atoms with Crippen molar-refractivity contribution in [2.24, 2.45) is 0 Å². The summed E-state index contributed by atoms with van der Waals surface area (Å²) in [5, 5.41) is 13.7. The molecular weight excluding hydrogens is 305 g/mol. The average molecular weight is 314 g/mol. The highest BCUT2D eigenvalue weighted by Crippen LogP contribution is 2.30. The first-order valence-corrected chi connectivity index (χ1v) is 6.81. The molecular formula is C16H9ClFN3O. The van der Waals surface area contributed by atoms with Crippen LogP contribution in [0.25, 0.3) is 16.8 Å². The Bertz CT molecular complexity index is 910. The number of fused-ring (bicyclic) bond motifs is 1. The van der Waals surface area contributed by atoms with E-state index in [2.05, 4.69) is 5.10 Å². The Labute approximate surface area is 130 Å². The molecule has 0 saturated heterocycles. The molecule has 4 nitrogen and oxygen atoms in total. The number of benzene rings is 1. The van der Waals surface area contributed by atoms with E-state index in [1.54, 1.807) is 24.4 Å². The minimum Gasteiger partial charge on any atom is -0.298 e. The number of hydrogen-bond donors (Lipinski definition) is 0. The summed E-state index contributed by atoms with van der Waals surface area (Å²) in [6, 6.07) is 9.36. The molecule has 108 valence electrons. The lowest BCUT2D eigenvalue weighted by atomic mass is 10.0. The fraction of sp³-hybridized carbons (Fsp3) is 0.0625. The molecule has 0 aliphatic carbocycles. The molecule has 0 amide bonds. The van der Waals surface area contributed by atoms with Gasteiger partial charge in [-0.05, 0) is 30.3 Å². The molecule has 0 atom stereocenters. The molecule has 6 heteroatoms. The predicted octanol–water partition coefficient (Wildman–Crippen LogP) is 3.67. The maximum atomic E-state index is 13.1. The molecule has 3 aromatic rings. The van der Waals surface area contributed by atoms with Gasteiger partial charge in [-0.1, -0.05) is 11.6 Å². The van der Waals surface area contributed by atoms with Crippen molar-refractivity contribution in [3.05, 3.63) is 58.5 Å². The fourth-order valence-corrected chi connectivity index (χ4v) is 2.60. The zero-order valence-corrected chi connectivity index (χ0v) is 12.0. The minimum absolute atomic E-state index is 0.0680. The van der Waals surface area contributed by atoms with Crippen LogP contribution in [0.1, 0.15) is 15.9 Å². The normalized spacial score (nSPS) is 10.6. The summed E-state index contributed by atoms with van der Waals surface area (Å²) in [4.78, 5) is 11.6. The van der Waals surface area contributed by atoms with E-state index in [0.717, 1.165) is 0 Å². The second kappa shape index (κ2) is 5.58. The highest BCUT2D eigenvalue weighted by molar-refractivity contribution is 6.32. The monoisotopic (exact) mass is 313 g/mol. The number of nitriles is 1. The topological polar surface area (TPSA) is 58.2 Å². The SMILES string of the molecule is N#CCc1c(Cl)ccn2nc(-c3ccc(F)cc3)c(C=O)c12. The highest BCUT2D eigenvalue weighted by Gasteiger charge is 2.18. The summed E-state index contributed by atoms with van der Waals surface area (Å²) in [5.41, 5.74) is 2.43. The molecule has 0 fully saturated rings. The van der Waals surface area contributed by atoms with Gasteiger partial charge in [0.1, 0.15) is 11.5 Å². The van der Waals surface area contributed by atoms with Gasteiger partial charge in [0.05, 0.1) is 23.6 Å². The van der Waals surface area contributed by atoms with Crippen LogP contribution in [-0.4, -0.2) is 15.9 Å². The van der Waals surface area contributed by atoms with Gasteiger partial charge in [0.25, 0.3) is 0 Å². The van der Waals surface area contributed by atoms with Crippen LogP contribution in [0, 0.1) is 17.1 Å². The summed E-state index contributed by atoms with van der Waals surface area (Å²) >= 11 is 6.13. The molecule has 22 heavy (non-hydrogen) atoms. The standard InChI is InChI=1S/C16H9ClFN3O/c17-14-6-8-21-16(12(14)5-7-19)13(9-22)15(20-21)10-1-3-11(18)4-2-10/h1-4,6,8-9H,5H2. The minimum atomic E-state index is -0.367. The van der Waals surface area contributed by atoms with E-state index >= 15 is 0 Å². The first-order valence-electron chi connectivity index (χ1n) is 6.43. The lowest BCUT2D eigenvalue weighted by Gasteiger charge is -2.03. The van der Waals surface area contributed by atoms with Gasteiger partial charge in [0.15, 0.2) is 6.29 Å². The number of halogens is 2. The maximum absolute atomic E-state index is 13.1. The van der Waals surface area contributed by atoms with Gasteiger partial charge in [-0.2, -0.15) is 10.4 Å². The van der Waals surface area contributed by atoms with Crippen LogP contribution < -0.4 is 0 Å². The molecule has 1 aromatic carbocycles. The molecule has 0 spiro atoms. The van der Waals surface area contributed by atoms with Crippen LogP contribution in [0.4, 0.5) is 4.39 Å². The van der Waals surface area contributed by atoms with E-state index in [-0.39, 0.29) is 12.2 Å². The Kier molecular flexibility index (Phi) is 3.61. The van der Waals surface area contributed by atoms with E-state index in [4.69, 9.17) is 16.9 Å². The molecule has 0 aliphatic heterocycles. The number of rotatable bonds is 3. The summed E-state index contributed by atoms with van der Waals surface area (Å²) < 4.78 is 14.6. The second-order valence-electron chi connectivity index (χ2n) is 4.66. The van der Waals surface area contributed by atoms with E-state index in [9.17, 15) is 9.18 Å². The molecule has 0 N–H and O–H groups in total.